The lowest BCUT2D eigenvalue weighted by Crippen LogP contribution is -2.34. The summed E-state index contributed by atoms with van der Waals surface area (Å²) in [6.07, 6.45) is 5.34. The lowest BCUT2D eigenvalue weighted by atomic mass is 10.1. The molecule has 25 heavy (non-hydrogen) atoms. The van der Waals surface area contributed by atoms with Crippen LogP contribution in [0.2, 0.25) is 0 Å². The van der Waals surface area contributed by atoms with E-state index in [1.54, 1.807) is 18.2 Å². The molecule has 3 nitrogen and oxygen atoms in total. The summed E-state index contributed by atoms with van der Waals surface area (Å²) in [7, 11) is -3.68. The number of aryl methyl sites for hydroxylation is 1. The fourth-order valence-corrected chi connectivity index (χ4v) is 4.58. The quantitative estimate of drug-likeness (QED) is 0.574. The summed E-state index contributed by atoms with van der Waals surface area (Å²) in [6, 6.07) is 14.0. The maximum Gasteiger partial charge on any atom is 0.244 e. The molecule has 0 aromatic heterocycles. The first-order valence-electron chi connectivity index (χ1n) is 7.98. The molecule has 0 bridgehead atoms. The van der Waals surface area contributed by atoms with Gasteiger partial charge in [0.15, 0.2) is 0 Å². The van der Waals surface area contributed by atoms with Crippen LogP contribution in [-0.2, 0) is 10.0 Å². The number of halogens is 1. The predicted octanol–water partition coefficient (Wildman–Crippen LogP) is 5.25. The first kappa shape index (κ1) is 19.6. The molecule has 0 radical (unpaired) electrons. The fraction of sp³-hybridized carbons (Fsp3) is 0.200. The summed E-state index contributed by atoms with van der Waals surface area (Å²) in [5, 5.41) is 0. The average molecular weight is 420 g/mol. The predicted molar refractivity (Wildman–Crippen MR) is 107 cm³/mol. The molecular weight excluding hydrogens is 398 g/mol. The highest BCUT2D eigenvalue weighted by Gasteiger charge is 2.30. The van der Waals surface area contributed by atoms with Crippen LogP contribution in [0.15, 0.2) is 82.7 Å². The van der Waals surface area contributed by atoms with E-state index in [9.17, 15) is 8.42 Å². The lowest BCUT2D eigenvalue weighted by molar-refractivity contribution is 0.397. The van der Waals surface area contributed by atoms with Gasteiger partial charge in [-0.15, -0.1) is 6.58 Å². The molecule has 5 heteroatoms. The molecule has 0 aliphatic heterocycles. The Morgan fingerprint density at radius 2 is 1.80 bits per heavy atom. The van der Waals surface area contributed by atoms with Gasteiger partial charge in [-0.3, -0.25) is 0 Å². The van der Waals surface area contributed by atoms with Crippen molar-refractivity contribution in [2.75, 3.05) is 6.54 Å². The van der Waals surface area contributed by atoms with E-state index in [1.807, 2.05) is 62.4 Å². The first-order chi connectivity index (χ1) is 11.9. The summed E-state index contributed by atoms with van der Waals surface area (Å²) >= 11 is 3.52. The second-order valence-corrected chi connectivity index (χ2v) is 8.40. The third-order valence-corrected chi connectivity index (χ3v) is 6.49. The SMILES string of the molecule is C=CC(c1ccccc1Br)N(C/C=C\C)S(=O)(=O)c1ccc(C)cc1. The van der Waals surface area contributed by atoms with Crippen molar-refractivity contribution >= 4 is 26.0 Å². The maximum atomic E-state index is 13.3. The monoisotopic (exact) mass is 419 g/mol. The standard InChI is InChI=1S/C20H22BrNO2S/c1-4-6-15-22(20(5-2)18-9-7-8-10-19(18)21)25(23,24)17-13-11-16(3)12-14-17/h4-14,20H,2,15H2,1,3H3/b6-4-. The summed E-state index contributed by atoms with van der Waals surface area (Å²) in [6.45, 7) is 7.95. The number of hydrogen-bond donors (Lipinski definition) is 0. The topological polar surface area (TPSA) is 37.4 Å². The van der Waals surface area contributed by atoms with E-state index in [2.05, 4.69) is 22.5 Å². The van der Waals surface area contributed by atoms with E-state index in [0.29, 0.717) is 0 Å². The van der Waals surface area contributed by atoms with Gasteiger partial charge in [0, 0.05) is 11.0 Å². The van der Waals surface area contributed by atoms with Crippen molar-refractivity contribution in [1.29, 1.82) is 0 Å². The number of benzene rings is 2. The molecule has 0 aliphatic carbocycles. The summed E-state index contributed by atoms with van der Waals surface area (Å²) in [5.74, 6) is 0. The fourth-order valence-electron chi connectivity index (χ4n) is 2.53. The van der Waals surface area contributed by atoms with Crippen LogP contribution in [0.1, 0.15) is 24.1 Å². The van der Waals surface area contributed by atoms with Crippen molar-refractivity contribution in [1.82, 2.24) is 4.31 Å². The third kappa shape index (κ3) is 4.48. The van der Waals surface area contributed by atoms with Crippen LogP contribution in [0.4, 0.5) is 0 Å². The van der Waals surface area contributed by atoms with Crippen molar-refractivity contribution < 1.29 is 8.42 Å². The average Bonchev–Trinajstić information content (AvgIpc) is 2.60. The van der Waals surface area contributed by atoms with Gasteiger partial charge in [0.25, 0.3) is 0 Å². The zero-order valence-corrected chi connectivity index (χ0v) is 16.8. The molecule has 1 unspecified atom stereocenters. The zero-order valence-electron chi connectivity index (χ0n) is 14.4. The van der Waals surface area contributed by atoms with E-state index in [0.717, 1.165) is 15.6 Å². The first-order valence-corrected chi connectivity index (χ1v) is 10.2. The molecule has 0 N–H and O–H groups in total. The molecule has 0 saturated heterocycles. The molecule has 2 rings (SSSR count). The van der Waals surface area contributed by atoms with Gasteiger partial charge in [0.2, 0.25) is 10.0 Å². The number of allylic oxidation sites excluding steroid dienone is 1. The van der Waals surface area contributed by atoms with Gasteiger partial charge in [0.05, 0.1) is 10.9 Å². The van der Waals surface area contributed by atoms with Crippen LogP contribution in [0.5, 0.6) is 0 Å². The van der Waals surface area contributed by atoms with Gasteiger partial charge in [-0.05, 0) is 37.6 Å². The van der Waals surface area contributed by atoms with Crippen LogP contribution < -0.4 is 0 Å². The highest BCUT2D eigenvalue weighted by atomic mass is 79.9. The summed E-state index contributed by atoms with van der Waals surface area (Å²) in [5.41, 5.74) is 1.88. The molecule has 132 valence electrons. The molecule has 0 amide bonds. The van der Waals surface area contributed by atoms with E-state index >= 15 is 0 Å². The van der Waals surface area contributed by atoms with Gasteiger partial charge < -0.3 is 0 Å². The van der Waals surface area contributed by atoms with E-state index in [1.165, 1.54) is 4.31 Å². The highest BCUT2D eigenvalue weighted by Crippen LogP contribution is 2.32. The Morgan fingerprint density at radius 3 is 2.36 bits per heavy atom. The summed E-state index contributed by atoms with van der Waals surface area (Å²) in [4.78, 5) is 0.279. The van der Waals surface area contributed by atoms with Crippen molar-refractivity contribution in [3.8, 4) is 0 Å². The largest absolute Gasteiger partial charge is 0.244 e. The molecule has 1 atom stereocenters. The Hall–Kier alpha value is -1.69. The van der Waals surface area contributed by atoms with Gasteiger partial charge in [0.1, 0.15) is 0 Å². The second kappa shape index (κ2) is 8.61. The molecule has 2 aromatic rings. The number of rotatable bonds is 7. The molecule has 0 heterocycles. The van der Waals surface area contributed by atoms with Gasteiger partial charge >= 0.3 is 0 Å². The molecule has 0 fully saturated rings. The Kier molecular flexibility index (Phi) is 6.76. The molecule has 0 aliphatic rings. The lowest BCUT2D eigenvalue weighted by Gasteiger charge is -2.29. The molecule has 0 spiro atoms. The number of nitrogens with zero attached hydrogens (tertiary/aromatic N) is 1. The number of sulfonamides is 1. The maximum absolute atomic E-state index is 13.3. The minimum Gasteiger partial charge on any atom is -0.207 e. The van der Waals surface area contributed by atoms with Crippen molar-refractivity contribution in [3.63, 3.8) is 0 Å². The second-order valence-electron chi connectivity index (χ2n) is 5.66. The third-order valence-electron chi connectivity index (χ3n) is 3.91. The zero-order chi connectivity index (χ0) is 18.4. The van der Waals surface area contributed by atoms with Gasteiger partial charge in [-0.2, -0.15) is 4.31 Å². The minimum atomic E-state index is -3.68. The highest BCUT2D eigenvalue weighted by molar-refractivity contribution is 9.10. The van der Waals surface area contributed by atoms with Crippen molar-refractivity contribution in [2.24, 2.45) is 0 Å². The Morgan fingerprint density at radius 1 is 1.16 bits per heavy atom. The van der Waals surface area contributed by atoms with Gasteiger partial charge in [-0.1, -0.05) is 70.1 Å². The number of hydrogen-bond acceptors (Lipinski definition) is 2. The Bertz CT molecular complexity index is 858. The van der Waals surface area contributed by atoms with E-state index in [-0.39, 0.29) is 11.4 Å². The summed E-state index contributed by atoms with van der Waals surface area (Å²) < 4.78 is 28.8. The van der Waals surface area contributed by atoms with Crippen LogP contribution in [0.25, 0.3) is 0 Å². The molecule has 2 aromatic carbocycles. The molecule has 0 saturated carbocycles. The Balaban J connectivity index is 2.55. The van der Waals surface area contributed by atoms with Gasteiger partial charge in [-0.25, -0.2) is 8.42 Å². The van der Waals surface area contributed by atoms with Crippen LogP contribution in [-0.4, -0.2) is 19.3 Å². The normalized spacial score (nSPS) is 13.3. The van der Waals surface area contributed by atoms with Crippen LogP contribution in [0.3, 0.4) is 0 Å². The van der Waals surface area contributed by atoms with E-state index in [4.69, 9.17) is 0 Å². The van der Waals surface area contributed by atoms with Crippen LogP contribution >= 0.6 is 15.9 Å². The molecular formula is C20H22BrNO2S. The Labute approximate surface area is 158 Å². The smallest absolute Gasteiger partial charge is 0.207 e. The van der Waals surface area contributed by atoms with Crippen LogP contribution in [0, 0.1) is 6.92 Å². The van der Waals surface area contributed by atoms with Crippen molar-refractivity contribution in [2.45, 2.75) is 24.8 Å². The minimum absolute atomic E-state index is 0.269. The van der Waals surface area contributed by atoms with Crippen molar-refractivity contribution in [3.05, 3.63) is 88.9 Å². The van der Waals surface area contributed by atoms with E-state index < -0.39 is 16.1 Å².